The van der Waals surface area contributed by atoms with Crippen molar-refractivity contribution in [2.45, 2.75) is 121 Å². The van der Waals surface area contributed by atoms with Crippen LogP contribution in [0, 0.1) is 17.8 Å². The molecule has 220 valence electrons. The number of aliphatic carboxylic acids is 1. The highest BCUT2D eigenvalue weighted by Crippen LogP contribution is 2.48. The predicted molar refractivity (Wildman–Crippen MR) is 156 cm³/mol. The summed E-state index contributed by atoms with van der Waals surface area (Å²) in [6.45, 7) is 2.04. The molecule has 8 nitrogen and oxygen atoms in total. The molecule has 0 radical (unpaired) electrons. The molecule has 5 unspecified atom stereocenters. The summed E-state index contributed by atoms with van der Waals surface area (Å²) >= 11 is 0. The van der Waals surface area contributed by atoms with Crippen LogP contribution in [0.3, 0.4) is 0 Å². The number of benzene rings is 1. The Kier molecular flexibility index (Phi) is 7.16. The molecule has 5 fully saturated rings. The van der Waals surface area contributed by atoms with Crippen molar-refractivity contribution in [2.75, 3.05) is 6.54 Å². The molecule has 1 N–H and O–H groups in total. The largest absolute Gasteiger partial charge is 0.480 e. The molecule has 3 aliphatic heterocycles. The Balaban J connectivity index is 1.23. The van der Waals surface area contributed by atoms with Crippen molar-refractivity contribution in [3.05, 3.63) is 40.3 Å². The monoisotopic (exact) mass is 560 g/mol. The van der Waals surface area contributed by atoms with Gasteiger partial charge in [0.2, 0.25) is 5.91 Å². The number of carboxylic acid groups (broad SMARTS) is 1. The van der Waals surface area contributed by atoms with Gasteiger partial charge in [0.15, 0.2) is 0 Å². The van der Waals surface area contributed by atoms with E-state index in [9.17, 15) is 19.5 Å². The van der Waals surface area contributed by atoms with Gasteiger partial charge in [-0.2, -0.15) is 0 Å². The number of amides is 1. The van der Waals surface area contributed by atoms with E-state index in [0.717, 1.165) is 41.6 Å². The number of fused-ring (bicyclic) bond motifs is 5. The van der Waals surface area contributed by atoms with Gasteiger partial charge in [0.1, 0.15) is 12.2 Å². The van der Waals surface area contributed by atoms with Crippen molar-refractivity contribution < 1.29 is 14.7 Å². The van der Waals surface area contributed by atoms with Gasteiger partial charge in [0, 0.05) is 30.6 Å². The third-order valence-corrected chi connectivity index (χ3v) is 11.1. The first-order chi connectivity index (χ1) is 19.9. The number of carboxylic acids is 1. The molecule has 3 saturated heterocycles. The Hall–Kier alpha value is -2.74. The van der Waals surface area contributed by atoms with Crippen LogP contribution < -0.4 is 5.56 Å². The molecule has 4 heterocycles. The summed E-state index contributed by atoms with van der Waals surface area (Å²) in [5.41, 5.74) is 1.79. The Morgan fingerprint density at radius 3 is 2.29 bits per heavy atom. The third kappa shape index (κ3) is 5.00. The number of carbonyl (C=O) groups excluding carboxylic acids is 1. The number of hydrogen-bond donors (Lipinski definition) is 1. The highest BCUT2D eigenvalue weighted by Gasteiger charge is 2.46. The van der Waals surface area contributed by atoms with E-state index in [1.807, 2.05) is 28.8 Å². The van der Waals surface area contributed by atoms with Gasteiger partial charge in [-0.1, -0.05) is 25.5 Å². The fourth-order valence-corrected chi connectivity index (χ4v) is 9.89. The fraction of sp³-hybridized carbons (Fsp3) is 0.697. The minimum absolute atomic E-state index is 0.0797. The number of likely N-dealkylation sites (tertiary alicyclic amines) is 1. The molecule has 41 heavy (non-hydrogen) atoms. The Morgan fingerprint density at radius 1 is 0.878 bits per heavy atom. The first kappa shape index (κ1) is 27.1. The number of para-hydroxylation sites is 2. The number of carbonyl (C=O) groups is 2. The molecule has 1 aromatic heterocycles. The average molecular weight is 561 g/mol. The smallest absolute Gasteiger partial charge is 0.323 e. The molecular formula is C33H44N4O4. The summed E-state index contributed by atoms with van der Waals surface area (Å²) in [4.78, 5) is 47.9. The van der Waals surface area contributed by atoms with Crippen LogP contribution in [-0.4, -0.2) is 61.0 Å². The van der Waals surface area contributed by atoms with Crippen LogP contribution in [0.4, 0.5) is 0 Å². The molecule has 7 rings (SSSR count). The summed E-state index contributed by atoms with van der Waals surface area (Å²) < 4.78 is 2.00. The van der Waals surface area contributed by atoms with Crippen LogP contribution in [0.15, 0.2) is 29.1 Å². The zero-order chi connectivity index (χ0) is 28.2. The molecule has 2 aromatic rings. The van der Waals surface area contributed by atoms with E-state index in [2.05, 4.69) is 11.8 Å². The number of aromatic nitrogens is 2. The van der Waals surface area contributed by atoms with Crippen LogP contribution in [0.25, 0.3) is 11.0 Å². The Bertz CT molecular complexity index is 1360. The molecule has 5 aliphatic rings. The molecule has 1 amide bonds. The fourth-order valence-electron chi connectivity index (χ4n) is 9.89. The lowest BCUT2D eigenvalue weighted by atomic mass is 9.65. The SMILES string of the molecule is CC1CC2CC(C1)CC(N1C3CCCC1CC(n1c(=O)c(C4CCCC(=O)N4CC(=O)O)nc4ccccc41)C3)C2. The van der Waals surface area contributed by atoms with Crippen LogP contribution in [-0.2, 0) is 9.59 Å². The summed E-state index contributed by atoms with van der Waals surface area (Å²) in [5.74, 6) is 1.35. The molecule has 5 atom stereocenters. The lowest BCUT2D eigenvalue weighted by molar-refractivity contribution is -0.148. The topological polar surface area (TPSA) is 95.7 Å². The van der Waals surface area contributed by atoms with Crippen molar-refractivity contribution >= 4 is 22.9 Å². The van der Waals surface area contributed by atoms with Gasteiger partial charge >= 0.3 is 5.97 Å². The molecule has 2 saturated carbocycles. The van der Waals surface area contributed by atoms with Crippen LogP contribution in [0.1, 0.15) is 108 Å². The third-order valence-electron chi connectivity index (χ3n) is 11.1. The average Bonchev–Trinajstić information content (AvgIpc) is 2.92. The maximum absolute atomic E-state index is 14.4. The minimum Gasteiger partial charge on any atom is -0.480 e. The van der Waals surface area contributed by atoms with Crippen molar-refractivity contribution in [3.8, 4) is 0 Å². The number of piperidine rings is 3. The van der Waals surface area contributed by atoms with E-state index in [4.69, 9.17) is 4.98 Å². The van der Waals surface area contributed by atoms with E-state index < -0.39 is 18.6 Å². The highest BCUT2D eigenvalue weighted by molar-refractivity contribution is 5.82. The molecule has 8 heteroatoms. The van der Waals surface area contributed by atoms with Crippen LogP contribution in [0.2, 0.25) is 0 Å². The molecule has 1 aromatic carbocycles. The van der Waals surface area contributed by atoms with Gasteiger partial charge in [0.05, 0.1) is 17.1 Å². The van der Waals surface area contributed by atoms with E-state index in [1.54, 1.807) is 0 Å². The maximum atomic E-state index is 14.4. The quantitative estimate of drug-likeness (QED) is 0.533. The molecule has 4 bridgehead atoms. The van der Waals surface area contributed by atoms with Crippen LogP contribution in [0.5, 0.6) is 0 Å². The van der Waals surface area contributed by atoms with Gasteiger partial charge in [-0.05, 0) is 101 Å². The summed E-state index contributed by atoms with van der Waals surface area (Å²) in [5, 5.41) is 9.53. The second-order valence-corrected chi connectivity index (χ2v) is 14.0. The van der Waals surface area contributed by atoms with E-state index >= 15 is 0 Å². The lowest BCUT2D eigenvalue weighted by Crippen LogP contribution is -2.59. The van der Waals surface area contributed by atoms with Crippen molar-refractivity contribution in [3.63, 3.8) is 0 Å². The standard InChI is InChI=1S/C33H44N4O4/c1-20-12-21-14-22(13-20)16-25(15-21)36-23-6-4-7-24(36)18-26(17-23)37-28-9-3-2-8-27(28)34-32(33(37)41)29-10-5-11-30(38)35(29)19-31(39)40/h2-3,8-9,20-26,29H,4-7,10-19H2,1H3,(H,39,40). The minimum atomic E-state index is -1.06. The first-order valence-electron chi connectivity index (χ1n) is 16.2. The zero-order valence-electron chi connectivity index (χ0n) is 24.3. The van der Waals surface area contributed by atoms with Gasteiger partial charge in [-0.3, -0.25) is 19.3 Å². The van der Waals surface area contributed by atoms with Gasteiger partial charge in [0.25, 0.3) is 5.56 Å². The van der Waals surface area contributed by atoms with Crippen molar-refractivity contribution in [1.82, 2.24) is 19.4 Å². The van der Waals surface area contributed by atoms with E-state index in [1.165, 1.54) is 56.3 Å². The molecule has 2 aliphatic carbocycles. The Morgan fingerprint density at radius 2 is 1.59 bits per heavy atom. The first-order valence-corrected chi connectivity index (χ1v) is 16.2. The second-order valence-electron chi connectivity index (χ2n) is 14.0. The maximum Gasteiger partial charge on any atom is 0.323 e. The number of rotatable bonds is 5. The van der Waals surface area contributed by atoms with Crippen LogP contribution >= 0.6 is 0 Å². The lowest BCUT2D eigenvalue weighted by Gasteiger charge is -2.56. The summed E-state index contributed by atoms with van der Waals surface area (Å²) in [7, 11) is 0. The number of hydrogen-bond acceptors (Lipinski definition) is 5. The van der Waals surface area contributed by atoms with Gasteiger partial charge < -0.3 is 14.6 Å². The molecule has 0 spiro atoms. The summed E-state index contributed by atoms with van der Waals surface area (Å²) in [6, 6.07) is 9.01. The van der Waals surface area contributed by atoms with Gasteiger partial charge in [-0.15, -0.1) is 0 Å². The predicted octanol–water partition coefficient (Wildman–Crippen LogP) is 5.31. The van der Waals surface area contributed by atoms with Gasteiger partial charge in [-0.25, -0.2) is 4.98 Å². The highest BCUT2D eigenvalue weighted by atomic mass is 16.4. The van der Waals surface area contributed by atoms with Crippen molar-refractivity contribution in [1.29, 1.82) is 0 Å². The number of nitrogens with zero attached hydrogens (tertiary/aromatic N) is 4. The van der Waals surface area contributed by atoms with E-state index in [-0.39, 0.29) is 17.5 Å². The Labute approximate surface area is 242 Å². The zero-order valence-corrected chi connectivity index (χ0v) is 24.3. The second kappa shape index (κ2) is 10.8. The normalized spacial score (nSPS) is 35.9. The molecular weight excluding hydrogens is 516 g/mol. The van der Waals surface area contributed by atoms with Crippen molar-refractivity contribution in [2.24, 2.45) is 17.8 Å². The van der Waals surface area contributed by atoms with E-state index in [0.29, 0.717) is 43.1 Å². The summed E-state index contributed by atoms with van der Waals surface area (Å²) in [6.07, 6.45) is 14.0.